The Bertz CT molecular complexity index is 657. The van der Waals surface area contributed by atoms with Crippen LogP contribution >= 0.6 is 0 Å². The predicted molar refractivity (Wildman–Crippen MR) is 89.5 cm³/mol. The van der Waals surface area contributed by atoms with Crippen molar-refractivity contribution in [2.75, 3.05) is 20.2 Å². The maximum Gasteiger partial charge on any atom is 0.222 e. The highest BCUT2D eigenvalue weighted by molar-refractivity contribution is 5.77. The number of aromatic nitrogens is 1. The second-order valence-electron chi connectivity index (χ2n) is 6.00. The van der Waals surface area contributed by atoms with E-state index in [-0.39, 0.29) is 11.8 Å². The Hall–Kier alpha value is -2.36. The zero-order chi connectivity index (χ0) is 16.1. The van der Waals surface area contributed by atoms with Gasteiger partial charge in [-0.3, -0.25) is 9.78 Å². The molecule has 0 unspecified atom stereocenters. The van der Waals surface area contributed by atoms with E-state index in [4.69, 9.17) is 4.74 Å². The van der Waals surface area contributed by atoms with Crippen LogP contribution in [-0.2, 0) is 11.2 Å². The van der Waals surface area contributed by atoms with Gasteiger partial charge in [-0.2, -0.15) is 0 Å². The third-order valence-corrected chi connectivity index (χ3v) is 4.41. The molecule has 1 aromatic carbocycles. The molecule has 0 bridgehead atoms. The molecular weight excluding hydrogens is 288 g/mol. The molecule has 23 heavy (non-hydrogen) atoms. The Kier molecular flexibility index (Phi) is 4.91. The fraction of sp³-hybridized carbons (Fsp3) is 0.368. The lowest BCUT2D eigenvalue weighted by atomic mass is 9.90. The highest BCUT2D eigenvalue weighted by atomic mass is 16.5. The van der Waals surface area contributed by atoms with E-state index < -0.39 is 0 Å². The zero-order valence-electron chi connectivity index (χ0n) is 13.4. The number of carbonyl (C=O) groups is 1. The lowest BCUT2D eigenvalue weighted by Crippen LogP contribution is -2.31. The molecule has 3 rings (SSSR count). The van der Waals surface area contributed by atoms with E-state index in [9.17, 15) is 4.79 Å². The molecule has 0 saturated carbocycles. The van der Waals surface area contributed by atoms with E-state index in [2.05, 4.69) is 11.1 Å². The third kappa shape index (κ3) is 3.89. The molecule has 0 aliphatic carbocycles. The highest BCUT2D eigenvalue weighted by Gasteiger charge is 2.24. The molecule has 0 saturated heterocycles. The van der Waals surface area contributed by atoms with Crippen LogP contribution in [0.1, 0.15) is 29.9 Å². The van der Waals surface area contributed by atoms with Gasteiger partial charge in [-0.15, -0.1) is 0 Å². The summed E-state index contributed by atoms with van der Waals surface area (Å²) in [5.74, 6) is 1.38. The largest absolute Gasteiger partial charge is 0.493 e. The molecule has 2 heterocycles. The van der Waals surface area contributed by atoms with Crippen LogP contribution in [0.5, 0.6) is 5.75 Å². The van der Waals surface area contributed by atoms with Crippen LogP contribution in [0.2, 0.25) is 0 Å². The molecular formula is C19H22N2O2. The monoisotopic (exact) mass is 310 g/mol. The predicted octanol–water partition coefficient (Wildman–Crippen LogP) is 3.04. The number of pyridine rings is 1. The first-order valence-corrected chi connectivity index (χ1v) is 8.08. The van der Waals surface area contributed by atoms with Crippen molar-refractivity contribution in [1.29, 1.82) is 0 Å². The van der Waals surface area contributed by atoms with Crippen molar-refractivity contribution in [3.05, 3.63) is 59.9 Å². The van der Waals surface area contributed by atoms with Crippen LogP contribution in [-0.4, -0.2) is 36.0 Å². The lowest BCUT2D eigenvalue weighted by molar-refractivity contribution is -0.130. The van der Waals surface area contributed by atoms with Crippen molar-refractivity contribution in [1.82, 2.24) is 9.88 Å². The first kappa shape index (κ1) is 15.5. The third-order valence-electron chi connectivity index (χ3n) is 4.41. The zero-order valence-corrected chi connectivity index (χ0v) is 13.4. The van der Waals surface area contributed by atoms with Crippen molar-refractivity contribution in [2.45, 2.75) is 25.2 Å². The van der Waals surface area contributed by atoms with Gasteiger partial charge in [-0.05, 0) is 48.1 Å². The number of amides is 1. The van der Waals surface area contributed by atoms with Gasteiger partial charge < -0.3 is 9.64 Å². The van der Waals surface area contributed by atoms with Crippen molar-refractivity contribution in [3.8, 4) is 5.75 Å². The maximum atomic E-state index is 12.5. The number of benzene rings is 1. The smallest absolute Gasteiger partial charge is 0.222 e. The fourth-order valence-electron chi connectivity index (χ4n) is 2.97. The summed E-state index contributed by atoms with van der Waals surface area (Å²) >= 11 is 0. The molecule has 2 aromatic rings. The maximum absolute atomic E-state index is 12.5. The molecule has 4 nitrogen and oxygen atoms in total. The lowest BCUT2D eigenvalue weighted by Gasteiger charge is -2.27. The summed E-state index contributed by atoms with van der Waals surface area (Å²) in [6.07, 6.45) is 5.88. The number of rotatable bonds is 5. The van der Waals surface area contributed by atoms with Crippen LogP contribution in [0.15, 0.2) is 48.8 Å². The average Bonchev–Trinajstić information content (AvgIpc) is 2.61. The van der Waals surface area contributed by atoms with E-state index in [1.54, 1.807) is 12.4 Å². The number of para-hydroxylation sites is 1. The summed E-state index contributed by atoms with van der Waals surface area (Å²) in [5.41, 5.74) is 2.37. The first-order chi connectivity index (χ1) is 11.2. The van der Waals surface area contributed by atoms with Gasteiger partial charge in [0.1, 0.15) is 5.75 Å². The number of likely N-dealkylation sites (N-methyl/N-ethyl adjacent to an activating group) is 1. The van der Waals surface area contributed by atoms with E-state index in [1.807, 2.05) is 42.3 Å². The number of fused-ring (bicyclic) bond motifs is 1. The van der Waals surface area contributed by atoms with E-state index in [1.165, 1.54) is 5.56 Å². The molecule has 4 heteroatoms. The van der Waals surface area contributed by atoms with Crippen LogP contribution in [0.4, 0.5) is 0 Å². The van der Waals surface area contributed by atoms with Crippen molar-refractivity contribution in [3.63, 3.8) is 0 Å². The summed E-state index contributed by atoms with van der Waals surface area (Å²) in [5, 5.41) is 0. The fourth-order valence-corrected chi connectivity index (χ4v) is 2.97. The molecule has 1 amide bonds. The van der Waals surface area contributed by atoms with Crippen molar-refractivity contribution in [2.24, 2.45) is 0 Å². The molecule has 0 radical (unpaired) electrons. The van der Waals surface area contributed by atoms with Crippen molar-refractivity contribution >= 4 is 5.91 Å². The SMILES string of the molecule is CN(CCc1ccncc1)C(=O)C[C@H]1CCOc2ccccc21. The summed E-state index contributed by atoms with van der Waals surface area (Å²) in [6.45, 7) is 1.42. The molecule has 0 spiro atoms. The molecule has 1 atom stereocenters. The summed E-state index contributed by atoms with van der Waals surface area (Å²) in [7, 11) is 1.88. The minimum Gasteiger partial charge on any atom is -0.493 e. The van der Waals surface area contributed by atoms with Gasteiger partial charge in [0.15, 0.2) is 0 Å². The minimum absolute atomic E-state index is 0.195. The van der Waals surface area contributed by atoms with Crippen molar-refractivity contribution < 1.29 is 9.53 Å². The second-order valence-corrected chi connectivity index (χ2v) is 6.00. The number of nitrogens with zero attached hydrogens (tertiary/aromatic N) is 2. The average molecular weight is 310 g/mol. The van der Waals surface area contributed by atoms with Crippen LogP contribution in [0.25, 0.3) is 0 Å². The van der Waals surface area contributed by atoms with Gasteiger partial charge in [0.25, 0.3) is 0 Å². The number of hydrogen-bond acceptors (Lipinski definition) is 3. The molecule has 0 N–H and O–H groups in total. The first-order valence-electron chi connectivity index (χ1n) is 8.08. The Morgan fingerprint density at radius 2 is 2.04 bits per heavy atom. The second kappa shape index (κ2) is 7.27. The van der Waals surface area contributed by atoms with Crippen LogP contribution < -0.4 is 4.74 Å². The molecule has 1 aromatic heterocycles. The Morgan fingerprint density at radius 3 is 2.87 bits per heavy atom. The van der Waals surface area contributed by atoms with Crippen LogP contribution in [0, 0.1) is 0 Å². The van der Waals surface area contributed by atoms with Gasteiger partial charge in [0, 0.05) is 32.4 Å². The van der Waals surface area contributed by atoms with E-state index in [0.717, 1.165) is 30.7 Å². The Balaban J connectivity index is 1.57. The summed E-state index contributed by atoms with van der Waals surface area (Å²) in [6, 6.07) is 12.0. The number of hydrogen-bond donors (Lipinski definition) is 0. The Morgan fingerprint density at radius 1 is 1.26 bits per heavy atom. The van der Waals surface area contributed by atoms with Gasteiger partial charge in [-0.25, -0.2) is 0 Å². The highest BCUT2D eigenvalue weighted by Crippen LogP contribution is 2.35. The number of carbonyl (C=O) groups excluding carboxylic acids is 1. The normalized spacial score (nSPS) is 16.3. The molecule has 120 valence electrons. The molecule has 0 fully saturated rings. The van der Waals surface area contributed by atoms with Gasteiger partial charge in [0.05, 0.1) is 6.61 Å². The van der Waals surface area contributed by atoms with E-state index in [0.29, 0.717) is 13.0 Å². The summed E-state index contributed by atoms with van der Waals surface area (Å²) in [4.78, 5) is 18.4. The molecule has 1 aliphatic rings. The van der Waals surface area contributed by atoms with Gasteiger partial charge in [-0.1, -0.05) is 18.2 Å². The minimum atomic E-state index is 0.195. The van der Waals surface area contributed by atoms with E-state index >= 15 is 0 Å². The molecule has 1 aliphatic heterocycles. The topological polar surface area (TPSA) is 42.4 Å². The van der Waals surface area contributed by atoms with Gasteiger partial charge >= 0.3 is 0 Å². The number of ether oxygens (including phenoxy) is 1. The standard InChI is InChI=1S/C19H22N2O2/c1-21(12-8-15-6-10-20-11-7-15)19(22)14-16-9-13-23-18-5-3-2-4-17(16)18/h2-7,10-11,16H,8-9,12-14H2,1H3/t16-/m1/s1. The van der Waals surface area contributed by atoms with Crippen LogP contribution in [0.3, 0.4) is 0 Å². The Labute approximate surface area is 137 Å². The summed E-state index contributed by atoms with van der Waals surface area (Å²) < 4.78 is 5.67. The van der Waals surface area contributed by atoms with Gasteiger partial charge in [0.2, 0.25) is 5.91 Å². The quantitative estimate of drug-likeness (QED) is 0.852.